The number of hydrogen-bond donors (Lipinski definition) is 3. The molecule has 4 unspecified atom stereocenters. The predicted molar refractivity (Wildman–Crippen MR) is 152 cm³/mol. The van der Waals surface area contributed by atoms with Gasteiger partial charge in [-0.25, -0.2) is 5.43 Å². The summed E-state index contributed by atoms with van der Waals surface area (Å²) in [5, 5.41) is 4.20. The third-order valence-electron chi connectivity index (χ3n) is 8.28. The minimum Gasteiger partial charge on any atom is -0.495 e. The van der Waals surface area contributed by atoms with E-state index in [0.29, 0.717) is 40.2 Å². The molecule has 5 rings (SSSR count). The molecular weight excluding hydrogens is 541 g/mol. The Morgan fingerprint density at radius 2 is 1.59 bits per heavy atom. The van der Waals surface area contributed by atoms with Gasteiger partial charge in [0.2, 0.25) is 5.91 Å². The van der Waals surface area contributed by atoms with Crippen molar-refractivity contribution in [3.05, 3.63) is 51.5 Å². The zero-order valence-electron chi connectivity index (χ0n) is 22.4. The number of nitrogens with zero attached hydrogens (tertiary/aromatic N) is 2. The lowest BCUT2D eigenvalue weighted by Gasteiger charge is -2.35. The minimum absolute atomic E-state index is 0.112. The van der Waals surface area contributed by atoms with Gasteiger partial charge in [-0.2, -0.15) is 0 Å². The average molecular weight is 577 g/mol. The maximum Gasteiger partial charge on any atom is 0.252 e. The van der Waals surface area contributed by atoms with Crippen LogP contribution < -0.4 is 30.5 Å². The minimum atomic E-state index is -0.187. The van der Waals surface area contributed by atoms with Gasteiger partial charge in [0.05, 0.1) is 30.4 Å². The van der Waals surface area contributed by atoms with Gasteiger partial charge in [0.15, 0.2) is 0 Å². The molecule has 2 amide bonds. The summed E-state index contributed by atoms with van der Waals surface area (Å²) in [6.45, 7) is 4.60. The first-order chi connectivity index (χ1) is 18.8. The van der Waals surface area contributed by atoms with E-state index in [1.807, 2.05) is 29.2 Å². The molecule has 2 aromatic carbocycles. The molecule has 0 radical (unpaired) electrons. The van der Waals surface area contributed by atoms with Crippen molar-refractivity contribution in [2.45, 2.75) is 44.3 Å². The smallest absolute Gasteiger partial charge is 0.252 e. The van der Waals surface area contributed by atoms with Crippen LogP contribution in [0.15, 0.2) is 30.3 Å². The van der Waals surface area contributed by atoms with Crippen molar-refractivity contribution in [2.24, 2.45) is 5.92 Å². The van der Waals surface area contributed by atoms with E-state index >= 15 is 0 Å². The molecule has 4 atom stereocenters. The summed E-state index contributed by atoms with van der Waals surface area (Å²) in [5.41, 5.74) is 9.18. The molecule has 0 bridgehead atoms. The van der Waals surface area contributed by atoms with Crippen molar-refractivity contribution in [2.75, 3.05) is 45.3 Å². The second-order valence-corrected chi connectivity index (χ2v) is 11.1. The highest BCUT2D eigenvalue weighted by Gasteiger charge is 2.42. The van der Waals surface area contributed by atoms with Crippen molar-refractivity contribution < 1.29 is 19.1 Å². The van der Waals surface area contributed by atoms with Crippen LogP contribution in [-0.4, -0.2) is 69.3 Å². The van der Waals surface area contributed by atoms with Gasteiger partial charge in [-0.3, -0.25) is 15.0 Å². The summed E-state index contributed by atoms with van der Waals surface area (Å²) < 4.78 is 10.9. The third-order valence-corrected chi connectivity index (χ3v) is 9.06. The Balaban J connectivity index is 1.20. The molecule has 1 aliphatic carbocycles. The van der Waals surface area contributed by atoms with Crippen LogP contribution in [0.25, 0.3) is 0 Å². The fraction of sp³-hybridized carbons (Fsp3) is 0.500. The number of nitrogens with one attached hydrogen (secondary N) is 3. The summed E-state index contributed by atoms with van der Waals surface area (Å²) >= 11 is 13.4. The fourth-order valence-corrected chi connectivity index (χ4v) is 6.87. The first-order valence-electron chi connectivity index (χ1n) is 13.3. The highest BCUT2D eigenvalue weighted by Crippen LogP contribution is 2.49. The summed E-state index contributed by atoms with van der Waals surface area (Å²) in [6.07, 6.45) is 2.38. The Morgan fingerprint density at radius 3 is 2.18 bits per heavy atom. The Kier molecular flexibility index (Phi) is 8.42. The van der Waals surface area contributed by atoms with Crippen LogP contribution >= 0.6 is 23.2 Å². The number of rotatable bonds is 6. The van der Waals surface area contributed by atoms with Gasteiger partial charge in [0.1, 0.15) is 11.5 Å². The third kappa shape index (κ3) is 5.63. The molecule has 2 heterocycles. The number of amides is 2. The van der Waals surface area contributed by atoms with E-state index in [0.717, 1.165) is 43.6 Å². The number of hydrogen-bond acceptors (Lipinski definition) is 7. The molecule has 3 aliphatic rings. The summed E-state index contributed by atoms with van der Waals surface area (Å²) in [5.74, 6) is 1.44. The number of benzene rings is 2. The van der Waals surface area contributed by atoms with Crippen molar-refractivity contribution in [3.63, 3.8) is 0 Å². The van der Waals surface area contributed by atoms with Crippen LogP contribution in [0.2, 0.25) is 10.0 Å². The number of carbonyl (C=O) groups is 2. The van der Waals surface area contributed by atoms with Crippen LogP contribution in [0.1, 0.15) is 48.0 Å². The molecule has 39 heavy (non-hydrogen) atoms. The van der Waals surface area contributed by atoms with Gasteiger partial charge < -0.3 is 24.6 Å². The molecule has 0 spiro atoms. The van der Waals surface area contributed by atoms with E-state index in [2.05, 4.69) is 21.1 Å². The lowest BCUT2D eigenvalue weighted by molar-refractivity contribution is -0.129. The zero-order valence-corrected chi connectivity index (χ0v) is 23.9. The number of methoxy groups -OCH3 is 2. The summed E-state index contributed by atoms with van der Waals surface area (Å²) in [7, 11) is 3.16. The van der Waals surface area contributed by atoms with E-state index in [-0.39, 0.29) is 35.9 Å². The van der Waals surface area contributed by atoms with Gasteiger partial charge in [0.25, 0.3) is 5.91 Å². The summed E-state index contributed by atoms with van der Waals surface area (Å²) in [6, 6.07) is 9.53. The number of halogens is 2. The standard InChI is InChI=1S/C28H35Cl2N5O4/c1-16(36)34-10-12-35(13-11-34)19-7-4-17(5-8-19)28(37)31-27-20-9-6-18(14-21(20)32-33-27)24-25(29)22(38-2)15-23(39-3)26(24)30/h4-5,7-8,15,18,20-21,27,32-33H,6,9-14H2,1-3H3,(H,31,37). The van der Waals surface area contributed by atoms with E-state index < -0.39 is 0 Å². The van der Waals surface area contributed by atoms with Gasteiger partial charge in [-0.05, 0) is 49.4 Å². The molecule has 0 aromatic heterocycles. The second kappa shape index (κ2) is 11.8. The van der Waals surface area contributed by atoms with E-state index in [4.69, 9.17) is 32.7 Å². The van der Waals surface area contributed by atoms with Crippen LogP contribution in [0.3, 0.4) is 0 Å². The van der Waals surface area contributed by atoms with Gasteiger partial charge in [-0.1, -0.05) is 23.2 Å². The van der Waals surface area contributed by atoms with Crippen LogP contribution in [0.4, 0.5) is 5.69 Å². The summed E-state index contributed by atoms with van der Waals surface area (Å²) in [4.78, 5) is 28.8. The Bertz CT molecular complexity index is 1190. The topological polar surface area (TPSA) is 95.2 Å². The highest BCUT2D eigenvalue weighted by molar-refractivity contribution is 6.38. The Labute approximate surface area is 239 Å². The van der Waals surface area contributed by atoms with Crippen LogP contribution in [0, 0.1) is 5.92 Å². The van der Waals surface area contributed by atoms with Gasteiger partial charge >= 0.3 is 0 Å². The molecule has 11 heteroatoms. The van der Waals surface area contributed by atoms with Crippen molar-refractivity contribution in [3.8, 4) is 11.5 Å². The zero-order chi connectivity index (χ0) is 27.7. The molecule has 1 saturated carbocycles. The van der Waals surface area contributed by atoms with E-state index in [9.17, 15) is 9.59 Å². The molecule has 2 aromatic rings. The number of hydrazine groups is 1. The molecular formula is C28H35Cl2N5O4. The number of fused-ring (bicyclic) bond motifs is 1. The first-order valence-corrected chi connectivity index (χ1v) is 14.1. The Hall–Kier alpha value is -2.72. The second-order valence-electron chi connectivity index (χ2n) is 10.4. The van der Waals surface area contributed by atoms with Crippen molar-refractivity contribution >= 4 is 40.7 Å². The van der Waals surface area contributed by atoms with Crippen molar-refractivity contribution in [1.29, 1.82) is 0 Å². The quantitative estimate of drug-likeness (QED) is 0.482. The van der Waals surface area contributed by atoms with Gasteiger partial charge in [-0.15, -0.1) is 0 Å². The number of ether oxygens (including phenoxy) is 2. The molecule has 2 aliphatic heterocycles. The maximum absolute atomic E-state index is 13.1. The molecule has 210 valence electrons. The fourth-order valence-electron chi connectivity index (χ4n) is 6.06. The SMILES string of the molecule is COc1cc(OC)c(Cl)c(C2CCC3C(C2)NNC3NC(=O)c2ccc(N3CCN(C(C)=O)CC3)cc2)c1Cl. The molecule has 2 saturated heterocycles. The number of piperazine rings is 1. The lowest BCUT2D eigenvalue weighted by atomic mass is 9.75. The van der Waals surface area contributed by atoms with E-state index in [1.165, 1.54) is 0 Å². The average Bonchev–Trinajstić information content (AvgIpc) is 3.35. The van der Waals surface area contributed by atoms with Crippen LogP contribution in [0.5, 0.6) is 11.5 Å². The monoisotopic (exact) mass is 575 g/mol. The lowest BCUT2D eigenvalue weighted by Crippen LogP contribution is -2.48. The normalized spacial score (nSPS) is 24.7. The Morgan fingerprint density at radius 1 is 0.949 bits per heavy atom. The maximum atomic E-state index is 13.1. The number of anilines is 1. The highest BCUT2D eigenvalue weighted by atomic mass is 35.5. The molecule has 3 N–H and O–H groups in total. The molecule has 9 nitrogen and oxygen atoms in total. The first kappa shape index (κ1) is 27.8. The van der Waals surface area contributed by atoms with Crippen molar-refractivity contribution in [1.82, 2.24) is 21.1 Å². The van der Waals surface area contributed by atoms with Gasteiger partial charge in [0, 0.05) is 67.9 Å². The number of carbonyl (C=O) groups excluding carboxylic acids is 2. The largest absolute Gasteiger partial charge is 0.495 e. The predicted octanol–water partition coefficient (Wildman–Crippen LogP) is 3.80. The van der Waals surface area contributed by atoms with Crippen LogP contribution in [-0.2, 0) is 4.79 Å². The van der Waals surface area contributed by atoms with E-state index in [1.54, 1.807) is 27.2 Å². The molecule has 3 fully saturated rings.